The number of carbonyl (C=O) groups excluding carboxylic acids is 1. The van der Waals surface area contributed by atoms with Crippen LogP contribution in [0.3, 0.4) is 0 Å². The van der Waals surface area contributed by atoms with Gasteiger partial charge in [-0.2, -0.15) is 0 Å². The molecule has 2 heteroatoms. The van der Waals surface area contributed by atoms with Crippen molar-refractivity contribution in [3.05, 3.63) is 0 Å². The molecule has 0 spiro atoms. The van der Waals surface area contributed by atoms with Crippen LogP contribution in [0.25, 0.3) is 0 Å². The first-order valence-electron chi connectivity index (χ1n) is 13.8. The normalized spacial score (nSPS) is 45.5. The van der Waals surface area contributed by atoms with Crippen LogP contribution in [0.15, 0.2) is 0 Å². The van der Waals surface area contributed by atoms with Crippen LogP contribution < -0.4 is 0 Å². The minimum absolute atomic E-state index is 0.0716. The van der Waals surface area contributed by atoms with Crippen molar-refractivity contribution in [3.8, 4) is 0 Å². The Balaban J connectivity index is 1.47. The van der Waals surface area contributed by atoms with Crippen molar-refractivity contribution in [2.75, 3.05) is 0 Å². The third kappa shape index (κ3) is 4.23. The van der Waals surface area contributed by atoms with E-state index in [4.69, 9.17) is 4.74 Å². The van der Waals surface area contributed by atoms with E-state index < -0.39 is 0 Å². The summed E-state index contributed by atoms with van der Waals surface area (Å²) in [6.07, 6.45) is 16.6. The lowest BCUT2D eigenvalue weighted by atomic mass is 9.44. The molecule has 0 aromatic heterocycles. The Morgan fingerprint density at radius 3 is 2.29 bits per heavy atom. The van der Waals surface area contributed by atoms with Gasteiger partial charge >= 0.3 is 5.97 Å². The van der Waals surface area contributed by atoms with Crippen molar-refractivity contribution in [3.63, 3.8) is 0 Å². The van der Waals surface area contributed by atoms with Gasteiger partial charge in [-0.15, -0.1) is 0 Å². The summed E-state index contributed by atoms with van der Waals surface area (Å²) >= 11 is 0. The van der Waals surface area contributed by atoms with E-state index in [2.05, 4.69) is 34.6 Å². The quantitative estimate of drug-likeness (QED) is 0.398. The van der Waals surface area contributed by atoms with Gasteiger partial charge in [0.2, 0.25) is 0 Å². The molecule has 2 nitrogen and oxygen atoms in total. The van der Waals surface area contributed by atoms with Gasteiger partial charge in [0.05, 0.1) is 0 Å². The van der Waals surface area contributed by atoms with E-state index in [1.165, 1.54) is 70.6 Å². The summed E-state index contributed by atoms with van der Waals surface area (Å²) in [6.45, 7) is 14.2. The number of hydrogen-bond donors (Lipinski definition) is 0. The lowest BCUT2D eigenvalue weighted by molar-refractivity contribution is -0.174. The number of carbonyl (C=O) groups is 1. The van der Waals surface area contributed by atoms with Crippen molar-refractivity contribution < 1.29 is 9.53 Å². The van der Waals surface area contributed by atoms with Crippen LogP contribution in [0.5, 0.6) is 0 Å². The Kier molecular flexibility index (Phi) is 6.87. The number of fused-ring (bicyclic) bond motifs is 5. The van der Waals surface area contributed by atoms with E-state index in [1.807, 2.05) is 0 Å². The van der Waals surface area contributed by atoms with Crippen LogP contribution in [0.2, 0.25) is 0 Å². The van der Waals surface area contributed by atoms with Crippen LogP contribution in [0.1, 0.15) is 119 Å². The standard InChI is InChI=1S/C29H50O2/c1-19(2)9-7-10-20(3)23-14-15-24-22-12-13-26-27(31-21(4)30)11-8-17-28(26,5)25(22)16-18-29(23,24)6/h19-20,22-27H,7-18H2,1-6H3/t20-,22+,23-,24+,25+,26?,27?,28-,29-/m1/s1. The van der Waals surface area contributed by atoms with Crippen molar-refractivity contribution in [2.45, 2.75) is 125 Å². The predicted molar refractivity (Wildman–Crippen MR) is 129 cm³/mol. The lowest BCUT2D eigenvalue weighted by Crippen LogP contribution is -2.56. The monoisotopic (exact) mass is 430 g/mol. The Labute approximate surface area is 192 Å². The Hall–Kier alpha value is -0.530. The van der Waals surface area contributed by atoms with Gasteiger partial charge in [-0.3, -0.25) is 4.79 Å². The Bertz CT molecular complexity index is 641. The Morgan fingerprint density at radius 2 is 1.58 bits per heavy atom. The van der Waals surface area contributed by atoms with Crippen LogP contribution >= 0.6 is 0 Å². The largest absolute Gasteiger partial charge is 0.462 e. The molecule has 0 aliphatic heterocycles. The summed E-state index contributed by atoms with van der Waals surface area (Å²) in [4.78, 5) is 11.8. The number of hydrogen-bond acceptors (Lipinski definition) is 2. The first kappa shape index (κ1) is 23.6. The van der Waals surface area contributed by atoms with Gasteiger partial charge in [-0.05, 0) is 104 Å². The summed E-state index contributed by atoms with van der Waals surface area (Å²) in [5.41, 5.74) is 0.967. The zero-order chi connectivity index (χ0) is 22.4. The first-order chi connectivity index (χ1) is 14.7. The molecule has 0 aromatic carbocycles. The van der Waals surface area contributed by atoms with Crippen molar-refractivity contribution >= 4 is 5.97 Å². The molecule has 0 bridgehead atoms. The highest BCUT2D eigenvalue weighted by Crippen LogP contribution is 2.68. The SMILES string of the molecule is CC(=O)OC1CCC[C@@]2(C)C1CC[C@H]1[C@@H]3CC[C@H]([C@H](C)CCCC(C)C)[C@@]3(C)CC[C@@H]12. The van der Waals surface area contributed by atoms with E-state index in [0.29, 0.717) is 16.7 Å². The highest BCUT2D eigenvalue weighted by molar-refractivity contribution is 5.66. The summed E-state index contributed by atoms with van der Waals surface area (Å²) < 4.78 is 5.88. The van der Waals surface area contributed by atoms with Crippen LogP contribution in [0, 0.1) is 52.3 Å². The van der Waals surface area contributed by atoms with Gasteiger partial charge in [0.1, 0.15) is 6.10 Å². The van der Waals surface area contributed by atoms with Gasteiger partial charge < -0.3 is 4.74 Å². The minimum atomic E-state index is -0.0716. The molecule has 31 heavy (non-hydrogen) atoms. The molecular formula is C29H50O2. The highest BCUT2D eigenvalue weighted by Gasteiger charge is 2.61. The molecule has 0 heterocycles. The van der Waals surface area contributed by atoms with E-state index >= 15 is 0 Å². The van der Waals surface area contributed by atoms with E-state index in [0.717, 1.165) is 41.9 Å². The zero-order valence-electron chi connectivity index (χ0n) is 21.4. The summed E-state index contributed by atoms with van der Waals surface area (Å²) in [6, 6.07) is 0. The molecule has 0 aromatic rings. The molecule has 0 N–H and O–H groups in total. The third-order valence-corrected chi connectivity index (χ3v) is 11.1. The molecule has 4 fully saturated rings. The number of rotatable bonds is 6. The molecule has 2 unspecified atom stereocenters. The predicted octanol–water partition coefficient (Wildman–Crippen LogP) is 8.04. The maximum absolute atomic E-state index is 11.8. The second-order valence-electron chi connectivity index (χ2n) is 13.1. The van der Waals surface area contributed by atoms with Gasteiger partial charge in [0.15, 0.2) is 0 Å². The fourth-order valence-corrected chi connectivity index (χ4v) is 9.73. The van der Waals surface area contributed by atoms with E-state index in [9.17, 15) is 4.79 Å². The first-order valence-corrected chi connectivity index (χ1v) is 13.8. The van der Waals surface area contributed by atoms with Crippen molar-refractivity contribution in [2.24, 2.45) is 52.3 Å². The lowest BCUT2D eigenvalue weighted by Gasteiger charge is -2.61. The van der Waals surface area contributed by atoms with Gasteiger partial charge in [-0.25, -0.2) is 0 Å². The summed E-state index contributed by atoms with van der Waals surface area (Å²) in [5.74, 6) is 5.92. The molecule has 4 rings (SSSR count). The van der Waals surface area contributed by atoms with Crippen molar-refractivity contribution in [1.82, 2.24) is 0 Å². The second-order valence-corrected chi connectivity index (χ2v) is 13.1. The highest BCUT2D eigenvalue weighted by atomic mass is 16.5. The average Bonchev–Trinajstić information content (AvgIpc) is 3.04. The molecule has 0 radical (unpaired) electrons. The smallest absolute Gasteiger partial charge is 0.302 e. The van der Waals surface area contributed by atoms with Gasteiger partial charge in [0.25, 0.3) is 0 Å². The molecule has 4 aliphatic carbocycles. The topological polar surface area (TPSA) is 26.3 Å². The molecular weight excluding hydrogens is 380 g/mol. The second kappa shape index (κ2) is 9.02. The Morgan fingerprint density at radius 1 is 0.871 bits per heavy atom. The minimum Gasteiger partial charge on any atom is -0.462 e. The van der Waals surface area contributed by atoms with Crippen LogP contribution in [0.4, 0.5) is 0 Å². The molecule has 178 valence electrons. The third-order valence-electron chi connectivity index (χ3n) is 11.1. The molecule has 0 amide bonds. The van der Waals surface area contributed by atoms with Crippen LogP contribution in [-0.2, 0) is 9.53 Å². The maximum Gasteiger partial charge on any atom is 0.302 e. The van der Waals surface area contributed by atoms with E-state index in [1.54, 1.807) is 6.92 Å². The maximum atomic E-state index is 11.8. The van der Waals surface area contributed by atoms with Crippen LogP contribution in [-0.4, -0.2) is 12.1 Å². The fourth-order valence-electron chi connectivity index (χ4n) is 9.73. The van der Waals surface area contributed by atoms with E-state index in [-0.39, 0.29) is 12.1 Å². The number of ether oxygens (including phenoxy) is 1. The number of esters is 1. The van der Waals surface area contributed by atoms with Gasteiger partial charge in [-0.1, -0.05) is 53.9 Å². The molecule has 9 atom stereocenters. The fraction of sp³-hybridized carbons (Fsp3) is 0.966. The van der Waals surface area contributed by atoms with Gasteiger partial charge in [0, 0.05) is 12.8 Å². The van der Waals surface area contributed by atoms with Crippen molar-refractivity contribution in [1.29, 1.82) is 0 Å². The molecule has 4 aliphatic rings. The zero-order valence-corrected chi connectivity index (χ0v) is 21.4. The summed E-state index contributed by atoms with van der Waals surface area (Å²) in [7, 11) is 0. The average molecular weight is 431 g/mol. The summed E-state index contributed by atoms with van der Waals surface area (Å²) in [5, 5.41) is 0. The molecule has 0 saturated heterocycles. The molecule has 4 saturated carbocycles.